The van der Waals surface area contributed by atoms with Crippen LogP contribution in [0.4, 0.5) is 5.69 Å². The highest BCUT2D eigenvalue weighted by molar-refractivity contribution is 7.99. The minimum Gasteiger partial charge on any atom is -0.362 e. The molecule has 0 aromatic heterocycles. The number of rotatable bonds is 2. The Balaban J connectivity index is 2.16. The molecule has 0 spiro atoms. The van der Waals surface area contributed by atoms with Crippen LogP contribution in [0.2, 0.25) is 0 Å². The maximum absolute atomic E-state index is 10.4. The normalized spacial score (nSPS) is 21.0. The Morgan fingerprint density at radius 3 is 2.64 bits per heavy atom. The van der Waals surface area contributed by atoms with Gasteiger partial charge in [-0.15, -0.1) is 11.8 Å². The van der Waals surface area contributed by atoms with E-state index >= 15 is 0 Å². The summed E-state index contributed by atoms with van der Waals surface area (Å²) in [5.74, 6) is 0.988. The van der Waals surface area contributed by atoms with E-state index in [0.29, 0.717) is 0 Å². The highest BCUT2D eigenvalue weighted by Gasteiger charge is 2.18. The number of nitrogens with zero attached hydrogens (tertiary/aromatic N) is 1. The third-order valence-electron chi connectivity index (χ3n) is 2.00. The number of nitro benzene ring substituents is 1. The Labute approximate surface area is 85.4 Å². The lowest BCUT2D eigenvalue weighted by Gasteiger charge is -2.07. The van der Waals surface area contributed by atoms with Gasteiger partial charge in [0.2, 0.25) is 0 Å². The van der Waals surface area contributed by atoms with Crippen LogP contribution < -0.4 is 0 Å². The highest BCUT2D eigenvalue weighted by Crippen LogP contribution is 2.35. The zero-order valence-corrected chi connectivity index (χ0v) is 8.20. The van der Waals surface area contributed by atoms with E-state index in [2.05, 4.69) is 0 Å². The fourth-order valence-electron chi connectivity index (χ4n) is 1.30. The summed E-state index contributed by atoms with van der Waals surface area (Å²) in [7, 11) is 0. The molecule has 1 atom stereocenters. The van der Waals surface area contributed by atoms with Crippen LogP contribution in [0, 0.1) is 10.1 Å². The van der Waals surface area contributed by atoms with Gasteiger partial charge < -0.3 is 4.74 Å². The summed E-state index contributed by atoms with van der Waals surface area (Å²) in [6.07, 6.45) is 0. The van der Waals surface area contributed by atoms with Crippen molar-refractivity contribution in [3.63, 3.8) is 0 Å². The molecule has 1 aliphatic heterocycles. The van der Waals surface area contributed by atoms with Crippen molar-refractivity contribution < 1.29 is 9.66 Å². The molecule has 0 N–H and O–H groups in total. The number of hydrogen-bond acceptors (Lipinski definition) is 4. The molecule has 2 rings (SSSR count). The van der Waals surface area contributed by atoms with Gasteiger partial charge in [-0.25, -0.2) is 0 Å². The van der Waals surface area contributed by atoms with Crippen molar-refractivity contribution in [2.75, 3.05) is 12.4 Å². The van der Waals surface area contributed by atoms with Gasteiger partial charge >= 0.3 is 0 Å². The quantitative estimate of drug-likeness (QED) is 0.556. The Bertz CT molecular complexity index is 332. The zero-order chi connectivity index (χ0) is 9.97. The van der Waals surface area contributed by atoms with Crippen LogP contribution in [0.1, 0.15) is 11.0 Å². The van der Waals surface area contributed by atoms with Crippen LogP contribution in [-0.4, -0.2) is 17.3 Å². The van der Waals surface area contributed by atoms with E-state index in [1.807, 2.05) is 0 Å². The molecule has 1 aliphatic rings. The third-order valence-corrected chi connectivity index (χ3v) is 3.11. The third kappa shape index (κ3) is 1.88. The second kappa shape index (κ2) is 3.98. The molecule has 0 saturated carbocycles. The molecular formula is C9H9NO3S. The number of ether oxygens (including phenoxy) is 1. The number of non-ortho nitro benzene ring substituents is 1. The van der Waals surface area contributed by atoms with Crippen molar-refractivity contribution >= 4 is 17.4 Å². The van der Waals surface area contributed by atoms with Gasteiger partial charge in [-0.2, -0.15) is 0 Å². The largest absolute Gasteiger partial charge is 0.362 e. The average Bonchev–Trinajstić information content (AvgIpc) is 2.71. The maximum Gasteiger partial charge on any atom is 0.269 e. The van der Waals surface area contributed by atoms with Crippen LogP contribution >= 0.6 is 11.8 Å². The zero-order valence-electron chi connectivity index (χ0n) is 7.38. The molecular weight excluding hydrogens is 202 g/mol. The molecule has 0 aliphatic carbocycles. The van der Waals surface area contributed by atoms with Gasteiger partial charge in [0, 0.05) is 17.9 Å². The molecule has 4 nitrogen and oxygen atoms in total. The predicted octanol–water partition coefficient (Wildman–Crippen LogP) is 2.36. The lowest BCUT2D eigenvalue weighted by molar-refractivity contribution is -0.384. The summed E-state index contributed by atoms with van der Waals surface area (Å²) < 4.78 is 5.43. The molecule has 1 aromatic carbocycles. The van der Waals surface area contributed by atoms with E-state index in [1.165, 1.54) is 12.1 Å². The number of nitro groups is 1. The van der Waals surface area contributed by atoms with Crippen molar-refractivity contribution in [3.05, 3.63) is 39.9 Å². The van der Waals surface area contributed by atoms with Gasteiger partial charge in [0.1, 0.15) is 5.44 Å². The number of benzene rings is 1. The Kier molecular flexibility index (Phi) is 2.69. The first-order chi connectivity index (χ1) is 6.77. The first-order valence-corrected chi connectivity index (χ1v) is 5.30. The molecule has 1 aromatic rings. The fourth-order valence-corrected chi connectivity index (χ4v) is 2.25. The van der Waals surface area contributed by atoms with Crippen LogP contribution in [0.25, 0.3) is 0 Å². The molecule has 0 bridgehead atoms. The van der Waals surface area contributed by atoms with Gasteiger partial charge in [-0.3, -0.25) is 10.1 Å². The fraction of sp³-hybridized carbons (Fsp3) is 0.333. The minimum absolute atomic E-state index is 0.0517. The Hall–Kier alpha value is -1.07. The number of hydrogen-bond donors (Lipinski definition) is 0. The summed E-state index contributed by atoms with van der Waals surface area (Å²) in [5.41, 5.74) is 1.17. The Morgan fingerprint density at radius 1 is 1.43 bits per heavy atom. The van der Waals surface area contributed by atoms with Crippen molar-refractivity contribution in [1.82, 2.24) is 0 Å². The van der Waals surface area contributed by atoms with E-state index in [4.69, 9.17) is 4.74 Å². The summed E-state index contributed by atoms with van der Waals surface area (Å²) in [5, 5.41) is 10.4. The van der Waals surface area contributed by atoms with E-state index in [9.17, 15) is 10.1 Å². The van der Waals surface area contributed by atoms with E-state index in [-0.39, 0.29) is 11.1 Å². The molecule has 74 valence electrons. The van der Waals surface area contributed by atoms with Crippen molar-refractivity contribution in [3.8, 4) is 0 Å². The second-order valence-electron chi connectivity index (χ2n) is 2.92. The lowest BCUT2D eigenvalue weighted by atomic mass is 10.2. The minimum atomic E-state index is -0.396. The van der Waals surface area contributed by atoms with Crippen molar-refractivity contribution in [2.45, 2.75) is 5.44 Å². The molecule has 5 heteroatoms. The Morgan fingerprint density at radius 2 is 2.14 bits per heavy atom. The molecule has 1 saturated heterocycles. The molecule has 14 heavy (non-hydrogen) atoms. The average molecular weight is 211 g/mol. The van der Waals surface area contributed by atoms with Gasteiger partial charge in [0.05, 0.1) is 11.5 Å². The number of thioether (sulfide) groups is 1. The summed E-state index contributed by atoms with van der Waals surface area (Å²) in [4.78, 5) is 10.0. The van der Waals surface area contributed by atoms with Gasteiger partial charge in [-0.1, -0.05) is 0 Å². The van der Waals surface area contributed by atoms with E-state index in [0.717, 1.165) is 17.9 Å². The smallest absolute Gasteiger partial charge is 0.269 e. The van der Waals surface area contributed by atoms with Crippen LogP contribution in [0.15, 0.2) is 24.3 Å². The van der Waals surface area contributed by atoms with Crippen molar-refractivity contribution in [1.29, 1.82) is 0 Å². The molecule has 0 amide bonds. The van der Waals surface area contributed by atoms with Gasteiger partial charge in [-0.05, 0) is 17.7 Å². The molecule has 0 radical (unpaired) electrons. The van der Waals surface area contributed by atoms with Gasteiger partial charge in [0.15, 0.2) is 0 Å². The summed E-state index contributed by atoms with van der Waals surface area (Å²) in [6.45, 7) is 0.756. The van der Waals surface area contributed by atoms with Crippen LogP contribution in [0.3, 0.4) is 0 Å². The first kappa shape index (κ1) is 9.48. The molecule has 1 heterocycles. The topological polar surface area (TPSA) is 52.4 Å². The van der Waals surface area contributed by atoms with Crippen molar-refractivity contribution in [2.24, 2.45) is 0 Å². The molecule has 0 unspecified atom stereocenters. The second-order valence-corrected chi connectivity index (χ2v) is 4.09. The van der Waals surface area contributed by atoms with Crippen LogP contribution in [0.5, 0.6) is 0 Å². The monoisotopic (exact) mass is 211 g/mol. The predicted molar refractivity (Wildman–Crippen MR) is 54.2 cm³/mol. The van der Waals surface area contributed by atoms with Crippen LogP contribution in [-0.2, 0) is 4.74 Å². The maximum atomic E-state index is 10.4. The summed E-state index contributed by atoms with van der Waals surface area (Å²) >= 11 is 1.72. The highest BCUT2D eigenvalue weighted by atomic mass is 32.2. The first-order valence-electron chi connectivity index (χ1n) is 4.25. The lowest BCUT2D eigenvalue weighted by Crippen LogP contribution is -1.93. The van der Waals surface area contributed by atoms with E-state index in [1.54, 1.807) is 23.9 Å². The standard InChI is InChI=1S/C9H9NO3S/c11-10(12)8-3-1-7(2-4-8)9-13-5-6-14-9/h1-4,9H,5-6H2/t9-/m1/s1. The SMILES string of the molecule is O=[N+]([O-])c1ccc([C@@H]2OCCS2)cc1. The molecule has 1 fully saturated rings. The van der Waals surface area contributed by atoms with Gasteiger partial charge in [0.25, 0.3) is 5.69 Å². The van der Waals surface area contributed by atoms with E-state index < -0.39 is 4.92 Å². The summed E-state index contributed by atoms with van der Waals surface area (Å²) in [6, 6.07) is 6.53.